The van der Waals surface area contributed by atoms with Gasteiger partial charge in [-0.15, -0.1) is 11.3 Å². The van der Waals surface area contributed by atoms with E-state index < -0.39 is 0 Å². The standard InChI is InChI=1S/C29H34N6O2S/c1-33(2)22-10-13-24-26(18-22)38-29(31-24)32-27(36)21-6-3-5-20(17-21)25-7-4-14-34(25)28(37)19-8-11-23(12-9-19)35(30)15-16-35/h3,5-6,8-9,11-12,17,22,25H,4,7,10,13-16,18,30H2,1-2H3/p+1. The topological polar surface area (TPSA) is 91.6 Å². The van der Waals surface area contributed by atoms with Crippen molar-refractivity contribution in [2.75, 3.05) is 39.0 Å². The number of quaternary nitrogens is 1. The number of aromatic nitrogens is 1. The van der Waals surface area contributed by atoms with Crippen molar-refractivity contribution in [2.24, 2.45) is 5.84 Å². The van der Waals surface area contributed by atoms with Gasteiger partial charge in [-0.2, -0.15) is 5.84 Å². The molecule has 198 valence electrons. The summed E-state index contributed by atoms with van der Waals surface area (Å²) in [5.74, 6) is 6.10. The Balaban J connectivity index is 1.15. The lowest BCUT2D eigenvalue weighted by Gasteiger charge is -2.27. The van der Waals surface area contributed by atoms with Crippen LogP contribution in [-0.4, -0.2) is 66.4 Å². The Morgan fingerprint density at radius 3 is 2.63 bits per heavy atom. The number of anilines is 1. The van der Waals surface area contributed by atoms with Crippen LogP contribution >= 0.6 is 11.3 Å². The zero-order chi connectivity index (χ0) is 26.4. The van der Waals surface area contributed by atoms with E-state index in [1.54, 1.807) is 11.3 Å². The smallest absolute Gasteiger partial charge is 0.257 e. The first-order chi connectivity index (χ1) is 18.3. The third kappa shape index (κ3) is 4.87. The Bertz CT molecular complexity index is 1360. The highest BCUT2D eigenvalue weighted by molar-refractivity contribution is 7.15. The second-order valence-corrected chi connectivity index (χ2v) is 12.1. The number of nitrogens with zero attached hydrogens (tertiary/aromatic N) is 4. The van der Waals surface area contributed by atoms with Crippen molar-refractivity contribution in [1.29, 1.82) is 0 Å². The summed E-state index contributed by atoms with van der Waals surface area (Å²) >= 11 is 1.59. The minimum Gasteiger partial charge on any atom is -0.332 e. The molecule has 0 bridgehead atoms. The van der Waals surface area contributed by atoms with Crippen molar-refractivity contribution < 1.29 is 9.59 Å². The molecule has 3 heterocycles. The predicted octanol–water partition coefficient (Wildman–Crippen LogP) is 3.99. The average molecular weight is 532 g/mol. The van der Waals surface area contributed by atoms with Gasteiger partial charge in [0.25, 0.3) is 11.8 Å². The summed E-state index contributed by atoms with van der Waals surface area (Å²) in [5, 5.41) is 3.68. The van der Waals surface area contributed by atoms with Crippen LogP contribution in [0.15, 0.2) is 48.5 Å². The van der Waals surface area contributed by atoms with E-state index in [9.17, 15) is 9.59 Å². The number of likely N-dealkylation sites (tertiary alicyclic amines) is 1. The number of amides is 2. The normalized spacial score (nSPS) is 21.8. The van der Waals surface area contributed by atoms with Gasteiger partial charge in [0.05, 0.1) is 11.7 Å². The molecule has 1 aliphatic carbocycles. The summed E-state index contributed by atoms with van der Waals surface area (Å²) in [4.78, 5) is 36.8. The number of hydrogen-bond acceptors (Lipinski definition) is 6. The Hall–Kier alpha value is -3.11. The molecule has 38 heavy (non-hydrogen) atoms. The Morgan fingerprint density at radius 1 is 1.11 bits per heavy atom. The first-order valence-electron chi connectivity index (χ1n) is 13.4. The molecule has 2 aliphatic heterocycles. The molecule has 2 aromatic carbocycles. The highest BCUT2D eigenvalue weighted by atomic mass is 32.1. The second kappa shape index (κ2) is 9.89. The molecule has 2 atom stereocenters. The second-order valence-electron chi connectivity index (χ2n) is 11.0. The zero-order valence-electron chi connectivity index (χ0n) is 22.0. The first-order valence-corrected chi connectivity index (χ1v) is 14.3. The van der Waals surface area contributed by atoms with Crippen molar-refractivity contribution in [3.63, 3.8) is 0 Å². The zero-order valence-corrected chi connectivity index (χ0v) is 22.8. The summed E-state index contributed by atoms with van der Waals surface area (Å²) in [6, 6.07) is 15.8. The van der Waals surface area contributed by atoms with E-state index in [-0.39, 0.29) is 17.9 Å². The predicted molar refractivity (Wildman–Crippen MR) is 151 cm³/mol. The van der Waals surface area contributed by atoms with E-state index in [4.69, 9.17) is 10.8 Å². The monoisotopic (exact) mass is 531 g/mol. The van der Waals surface area contributed by atoms with Gasteiger partial charge in [-0.25, -0.2) is 9.58 Å². The van der Waals surface area contributed by atoms with Gasteiger partial charge in [0.15, 0.2) is 23.9 Å². The molecule has 0 saturated carbocycles. The van der Waals surface area contributed by atoms with E-state index in [0.717, 1.165) is 62.1 Å². The van der Waals surface area contributed by atoms with E-state index in [0.29, 0.717) is 33.4 Å². The van der Waals surface area contributed by atoms with Gasteiger partial charge in [0.1, 0.15) is 0 Å². The molecule has 6 rings (SSSR count). The Labute approximate surface area is 227 Å². The van der Waals surface area contributed by atoms with Crippen LogP contribution in [0, 0.1) is 0 Å². The fourth-order valence-electron chi connectivity index (χ4n) is 5.70. The van der Waals surface area contributed by atoms with Crippen LogP contribution in [0.5, 0.6) is 0 Å². The maximum absolute atomic E-state index is 13.4. The van der Waals surface area contributed by atoms with Crippen LogP contribution in [0.1, 0.15) is 62.2 Å². The minimum atomic E-state index is -0.164. The quantitative estimate of drug-likeness (QED) is 0.285. The van der Waals surface area contributed by atoms with Gasteiger partial charge in [-0.05, 0) is 76.0 Å². The van der Waals surface area contributed by atoms with Gasteiger partial charge in [0, 0.05) is 40.7 Å². The lowest BCUT2D eigenvalue weighted by Crippen LogP contribution is -2.34. The molecule has 8 nitrogen and oxygen atoms in total. The van der Waals surface area contributed by atoms with Crippen LogP contribution < -0.4 is 15.8 Å². The van der Waals surface area contributed by atoms with E-state index in [1.165, 1.54) is 4.88 Å². The average Bonchev–Trinajstić information content (AvgIpc) is 3.32. The van der Waals surface area contributed by atoms with Gasteiger partial charge in [-0.1, -0.05) is 12.1 Å². The van der Waals surface area contributed by atoms with Crippen LogP contribution in [0.4, 0.5) is 10.8 Å². The van der Waals surface area contributed by atoms with Crippen molar-refractivity contribution in [3.05, 3.63) is 75.8 Å². The molecule has 0 radical (unpaired) electrons. The molecule has 1 aromatic heterocycles. The Morgan fingerprint density at radius 2 is 1.89 bits per heavy atom. The SMILES string of the molecule is CN(C)C1CCc2nc(NC(=O)c3cccc(C4CCCN4C(=O)c4ccc([N+]5(N)CC5)cc4)c3)sc2C1. The van der Waals surface area contributed by atoms with Gasteiger partial charge >= 0.3 is 0 Å². The van der Waals surface area contributed by atoms with Gasteiger partial charge in [-0.3, -0.25) is 14.9 Å². The minimum absolute atomic E-state index is 0.0210. The van der Waals surface area contributed by atoms with Gasteiger partial charge < -0.3 is 9.80 Å². The van der Waals surface area contributed by atoms with Crippen molar-refractivity contribution in [2.45, 2.75) is 44.2 Å². The number of thiazole rings is 1. The fraction of sp³-hybridized carbons (Fsp3) is 0.414. The van der Waals surface area contributed by atoms with Crippen LogP contribution in [-0.2, 0) is 12.8 Å². The molecule has 9 heteroatoms. The molecular weight excluding hydrogens is 496 g/mol. The number of aryl methyl sites for hydroxylation is 1. The highest BCUT2D eigenvalue weighted by Gasteiger charge is 2.41. The number of nitrogens with two attached hydrogens (primary N) is 1. The summed E-state index contributed by atoms with van der Waals surface area (Å²) in [6.45, 7) is 2.58. The molecule has 3 aromatic rings. The maximum Gasteiger partial charge on any atom is 0.257 e. The third-order valence-electron chi connectivity index (χ3n) is 8.25. The Kier molecular flexibility index (Phi) is 6.55. The lowest BCUT2D eigenvalue weighted by molar-refractivity contribution is 0.0735. The van der Waals surface area contributed by atoms with Crippen molar-refractivity contribution in [3.8, 4) is 0 Å². The number of nitrogens with one attached hydrogen (secondary N) is 1. The fourth-order valence-corrected chi connectivity index (χ4v) is 6.77. The number of hydrogen-bond donors (Lipinski definition) is 2. The highest BCUT2D eigenvalue weighted by Crippen LogP contribution is 2.35. The van der Waals surface area contributed by atoms with Crippen LogP contribution in [0.2, 0.25) is 0 Å². The summed E-state index contributed by atoms with van der Waals surface area (Å²) in [5.41, 5.74) is 4.40. The molecule has 2 amide bonds. The largest absolute Gasteiger partial charge is 0.332 e. The number of rotatable bonds is 6. The first kappa shape index (κ1) is 25.2. The number of benzene rings is 2. The summed E-state index contributed by atoms with van der Waals surface area (Å²) in [6.07, 6.45) is 4.83. The molecular formula is C29H35N6O2S+. The summed E-state index contributed by atoms with van der Waals surface area (Å²) < 4.78 is 0.454. The molecule has 2 unspecified atom stereocenters. The lowest BCUT2D eigenvalue weighted by atomic mass is 9.97. The molecule has 3 N–H and O–H groups in total. The molecule has 3 aliphatic rings. The van der Waals surface area contributed by atoms with E-state index in [2.05, 4.69) is 24.3 Å². The third-order valence-corrected chi connectivity index (χ3v) is 9.28. The number of fused-ring (bicyclic) bond motifs is 1. The number of carbonyl (C=O) groups excluding carboxylic acids is 2. The van der Waals surface area contributed by atoms with Crippen molar-refractivity contribution in [1.82, 2.24) is 19.4 Å². The molecule has 0 spiro atoms. The summed E-state index contributed by atoms with van der Waals surface area (Å²) in [7, 11) is 4.23. The van der Waals surface area contributed by atoms with Crippen LogP contribution in [0.3, 0.4) is 0 Å². The van der Waals surface area contributed by atoms with Crippen LogP contribution in [0.25, 0.3) is 0 Å². The van der Waals surface area contributed by atoms with E-state index >= 15 is 0 Å². The molecule has 2 fully saturated rings. The van der Waals surface area contributed by atoms with E-state index in [1.807, 2.05) is 53.4 Å². The van der Waals surface area contributed by atoms with Crippen molar-refractivity contribution >= 4 is 34.0 Å². The molecule has 2 saturated heterocycles. The maximum atomic E-state index is 13.4. The number of carbonyl (C=O) groups is 2. The number of likely N-dealkylation sites (N-methyl/N-ethyl adjacent to an activating group) is 1. The van der Waals surface area contributed by atoms with Gasteiger partial charge in [0.2, 0.25) is 0 Å².